The second-order valence-electron chi connectivity index (χ2n) is 7.19. The van der Waals surface area contributed by atoms with Gasteiger partial charge in [0, 0.05) is 41.2 Å². The smallest absolute Gasteiger partial charge is 0.497 e. The molecule has 1 aromatic carbocycles. The molecule has 0 amide bonds. The van der Waals surface area contributed by atoms with Crippen molar-refractivity contribution in [3.05, 3.63) is 54.1 Å². The van der Waals surface area contributed by atoms with Gasteiger partial charge < -0.3 is 14.0 Å². The van der Waals surface area contributed by atoms with Crippen LogP contribution < -0.4 is 0 Å². The number of fused-ring (bicyclic) bond motifs is 6. The molecule has 5 rings (SSSR count). The van der Waals surface area contributed by atoms with Crippen LogP contribution in [0.4, 0.5) is 0 Å². The fourth-order valence-electron chi connectivity index (χ4n) is 4.49. The Morgan fingerprint density at radius 2 is 2.11 bits per heavy atom. The number of carbonyl (C=O) groups is 1. The zero-order valence-electron chi connectivity index (χ0n) is 15.3. The average molecular weight is 396 g/mol. The van der Waals surface area contributed by atoms with Gasteiger partial charge in [0.05, 0.1) is 30.2 Å². The molecule has 0 aromatic heterocycles. The third-order valence-corrected chi connectivity index (χ3v) is 5.89. The van der Waals surface area contributed by atoms with Crippen molar-refractivity contribution in [1.29, 1.82) is 0 Å². The predicted octanol–water partition coefficient (Wildman–Crippen LogP) is 3.40. The van der Waals surface area contributed by atoms with Gasteiger partial charge in [0.15, 0.2) is 0 Å². The number of aromatic nitrogens is 2. The summed E-state index contributed by atoms with van der Waals surface area (Å²) in [5.74, 6) is 0.0400. The number of pyridine rings is 1. The van der Waals surface area contributed by atoms with Crippen LogP contribution in [0.15, 0.2) is 48.4 Å². The number of nitrogens with zero attached hydrogens (tertiary/aromatic N) is 2. The SMILES string of the molecule is COC(=O)C1=CO[C@@H](C)[C@H]2Cn3ccc4c5ccccc5nc-4c3C[C@H]12.[Ti+4]. The van der Waals surface area contributed by atoms with E-state index in [2.05, 4.69) is 29.8 Å². The summed E-state index contributed by atoms with van der Waals surface area (Å²) < 4.78 is 13.0. The first-order valence-electron chi connectivity index (χ1n) is 8.97. The standard InChI is InChI=1S/C21H20N2O3.Ti/c1-12-16-10-23-8-7-14-13-5-3-4-6-18(13)22-20(14)19(23)9-15(16)17(11-26-12)21(24)25-2;/h3-8,11-12,15-16H,9-10H2,1-2H3;/q;+4/t12-,15-,16+;/m0./s1. The fraction of sp³-hybridized carbons (Fsp3) is 0.333. The fourth-order valence-corrected chi connectivity index (χ4v) is 4.49. The topological polar surface area (TPSA) is 53.4 Å². The third kappa shape index (κ3) is 2.72. The Kier molecular flexibility index (Phi) is 4.61. The predicted molar refractivity (Wildman–Crippen MR) is 97.7 cm³/mol. The number of para-hydroxylation sites is 1. The van der Waals surface area contributed by atoms with Crippen molar-refractivity contribution in [2.24, 2.45) is 11.8 Å². The third-order valence-electron chi connectivity index (χ3n) is 5.89. The first kappa shape index (κ1) is 18.3. The number of carbonyl (C=O) groups excluding carboxylic acids is 1. The summed E-state index contributed by atoms with van der Waals surface area (Å²) in [6, 6.07) is 10.4. The monoisotopic (exact) mass is 396 g/mol. The molecule has 27 heavy (non-hydrogen) atoms. The van der Waals surface area contributed by atoms with E-state index in [0.29, 0.717) is 5.57 Å². The van der Waals surface area contributed by atoms with Crippen LogP contribution in [-0.2, 0) is 49.0 Å². The molecule has 0 radical (unpaired) electrons. The molecule has 4 heterocycles. The van der Waals surface area contributed by atoms with Gasteiger partial charge in [0.1, 0.15) is 6.10 Å². The second-order valence-corrected chi connectivity index (χ2v) is 7.19. The summed E-state index contributed by atoms with van der Waals surface area (Å²) in [5.41, 5.74) is 5.05. The van der Waals surface area contributed by atoms with Crippen molar-refractivity contribution < 1.29 is 36.0 Å². The van der Waals surface area contributed by atoms with Crippen LogP contribution in [0.3, 0.4) is 0 Å². The van der Waals surface area contributed by atoms with E-state index in [1.165, 1.54) is 23.8 Å². The van der Waals surface area contributed by atoms with Crippen LogP contribution in [0.5, 0.6) is 0 Å². The summed E-state index contributed by atoms with van der Waals surface area (Å²) in [4.78, 5) is 17.1. The number of ether oxygens (including phenoxy) is 2. The van der Waals surface area contributed by atoms with Crippen LogP contribution in [0, 0.1) is 11.8 Å². The minimum atomic E-state index is -0.298. The van der Waals surface area contributed by atoms with Crippen molar-refractivity contribution in [3.63, 3.8) is 0 Å². The Hall–Kier alpha value is -2.11. The van der Waals surface area contributed by atoms with E-state index in [-0.39, 0.29) is 45.6 Å². The zero-order chi connectivity index (χ0) is 17.8. The largest absolute Gasteiger partial charge is 4.00 e. The van der Waals surface area contributed by atoms with Crippen molar-refractivity contribution in [2.75, 3.05) is 7.11 Å². The Balaban J connectivity index is 0.00000180. The molecule has 1 aromatic rings. The molecule has 0 spiro atoms. The van der Waals surface area contributed by atoms with Gasteiger partial charge in [-0.15, -0.1) is 0 Å². The molecule has 0 unspecified atom stereocenters. The van der Waals surface area contributed by atoms with Gasteiger partial charge in [0.25, 0.3) is 0 Å². The van der Waals surface area contributed by atoms with E-state index in [1.807, 2.05) is 18.2 Å². The van der Waals surface area contributed by atoms with Gasteiger partial charge in [-0.2, -0.15) is 0 Å². The van der Waals surface area contributed by atoms with Crippen molar-refractivity contribution in [2.45, 2.75) is 26.0 Å². The van der Waals surface area contributed by atoms with Gasteiger partial charge in [-0.1, -0.05) is 18.2 Å². The van der Waals surface area contributed by atoms with Gasteiger partial charge in [-0.05, 0) is 25.5 Å². The number of esters is 1. The summed E-state index contributed by atoms with van der Waals surface area (Å²) in [5, 5.41) is 1.18. The Bertz CT molecular complexity index is 1030. The maximum Gasteiger partial charge on any atom is 4.00 e. The van der Waals surface area contributed by atoms with Gasteiger partial charge in [0.2, 0.25) is 0 Å². The molecule has 132 valence electrons. The van der Waals surface area contributed by atoms with Crippen molar-refractivity contribution in [3.8, 4) is 11.3 Å². The van der Waals surface area contributed by atoms with Crippen molar-refractivity contribution >= 4 is 16.9 Å². The molecule has 3 atom stereocenters. The van der Waals surface area contributed by atoms with Crippen LogP contribution in [0.25, 0.3) is 22.2 Å². The molecule has 0 aliphatic carbocycles. The summed E-state index contributed by atoms with van der Waals surface area (Å²) >= 11 is 0. The number of hydrogen-bond acceptors (Lipinski definition) is 4. The van der Waals surface area contributed by atoms with Crippen molar-refractivity contribution in [1.82, 2.24) is 9.55 Å². The van der Waals surface area contributed by atoms with E-state index in [1.54, 1.807) is 6.26 Å². The first-order chi connectivity index (χ1) is 12.7. The quantitative estimate of drug-likeness (QED) is 0.467. The molecular formula is C21H20N2O3Ti+4. The molecule has 5 nitrogen and oxygen atoms in total. The van der Waals surface area contributed by atoms with Gasteiger partial charge >= 0.3 is 27.7 Å². The molecule has 0 fully saturated rings. The van der Waals surface area contributed by atoms with E-state index in [0.717, 1.165) is 24.2 Å². The average Bonchev–Trinajstić information content (AvgIpc) is 3.06. The van der Waals surface area contributed by atoms with Gasteiger partial charge in [-0.25, -0.2) is 9.78 Å². The maximum atomic E-state index is 12.3. The Labute approximate surface area is 172 Å². The minimum Gasteiger partial charge on any atom is -0.497 e. The number of methoxy groups -OCH3 is 1. The summed E-state index contributed by atoms with van der Waals surface area (Å²) in [7, 11) is 1.42. The van der Waals surface area contributed by atoms with E-state index in [9.17, 15) is 4.79 Å². The maximum absolute atomic E-state index is 12.3. The second kappa shape index (κ2) is 6.81. The first-order valence-corrected chi connectivity index (χ1v) is 8.97. The number of hydrogen-bond donors (Lipinski definition) is 0. The Morgan fingerprint density at radius 3 is 2.93 bits per heavy atom. The number of rotatable bonds is 1. The van der Waals surface area contributed by atoms with E-state index < -0.39 is 0 Å². The molecule has 0 N–H and O–H groups in total. The van der Waals surface area contributed by atoms with Gasteiger partial charge in [-0.3, -0.25) is 0 Å². The number of benzene rings is 1. The zero-order valence-corrected chi connectivity index (χ0v) is 16.9. The normalized spacial score (nSPS) is 23.6. The van der Waals surface area contributed by atoms with Crippen LogP contribution in [0.2, 0.25) is 0 Å². The van der Waals surface area contributed by atoms with Crippen LogP contribution in [0.1, 0.15) is 12.6 Å². The molecule has 0 saturated carbocycles. The summed E-state index contributed by atoms with van der Waals surface area (Å²) in [6.07, 6.45) is 4.57. The molecule has 4 aliphatic rings. The molecule has 0 bridgehead atoms. The van der Waals surface area contributed by atoms with E-state index >= 15 is 0 Å². The molecule has 0 saturated heterocycles. The molecular weight excluding hydrogens is 376 g/mol. The molecule has 6 heteroatoms. The minimum absolute atomic E-state index is 0. The van der Waals surface area contributed by atoms with E-state index in [4.69, 9.17) is 14.5 Å². The molecule has 4 aliphatic heterocycles. The summed E-state index contributed by atoms with van der Waals surface area (Å²) in [6.45, 7) is 2.88. The van der Waals surface area contributed by atoms with Crippen LogP contribution >= 0.6 is 0 Å². The Morgan fingerprint density at radius 1 is 1.30 bits per heavy atom. The van der Waals surface area contributed by atoms with Crippen LogP contribution in [-0.4, -0.2) is 28.7 Å².